The first-order valence-electron chi connectivity index (χ1n) is 7.06. The van der Waals surface area contributed by atoms with Crippen molar-refractivity contribution in [3.05, 3.63) is 53.6 Å². The summed E-state index contributed by atoms with van der Waals surface area (Å²) in [6, 6.07) is 9.20. The van der Waals surface area contributed by atoms with Gasteiger partial charge in [-0.25, -0.2) is 0 Å². The molecule has 0 aliphatic heterocycles. The lowest BCUT2D eigenvalue weighted by atomic mass is 10.0. The van der Waals surface area contributed by atoms with Crippen LogP contribution in [-0.4, -0.2) is 33.3 Å². The van der Waals surface area contributed by atoms with Crippen molar-refractivity contribution < 1.29 is 10.2 Å². The zero-order chi connectivity index (χ0) is 15.1. The highest BCUT2D eigenvalue weighted by molar-refractivity contribution is 5.27. The number of aliphatic hydroxyl groups excluding tert-OH is 1. The third kappa shape index (κ3) is 4.81. The smallest absolute Gasteiger partial charge is 0.138 e. The van der Waals surface area contributed by atoms with E-state index in [-0.39, 0.29) is 18.3 Å². The van der Waals surface area contributed by atoms with Crippen molar-refractivity contribution in [3.63, 3.8) is 0 Å². The van der Waals surface area contributed by atoms with Crippen LogP contribution in [0.1, 0.15) is 17.1 Å². The van der Waals surface area contributed by atoms with Crippen LogP contribution in [0.5, 0.6) is 5.75 Å². The molecule has 21 heavy (non-hydrogen) atoms. The van der Waals surface area contributed by atoms with Crippen molar-refractivity contribution in [2.45, 2.75) is 19.9 Å². The highest BCUT2D eigenvalue weighted by atomic mass is 16.3. The SMILES string of the molecule is Cc1ccc(O)c(CNCC(CO)Cc2ccccn2)n1. The molecule has 1 unspecified atom stereocenters. The Kier molecular flexibility index (Phi) is 5.66. The van der Waals surface area contributed by atoms with E-state index in [2.05, 4.69) is 15.3 Å². The van der Waals surface area contributed by atoms with Crippen molar-refractivity contribution >= 4 is 0 Å². The molecule has 5 heteroatoms. The molecule has 0 saturated heterocycles. The second-order valence-electron chi connectivity index (χ2n) is 5.12. The zero-order valence-corrected chi connectivity index (χ0v) is 12.2. The average Bonchev–Trinajstić information content (AvgIpc) is 2.50. The van der Waals surface area contributed by atoms with Gasteiger partial charge in [-0.3, -0.25) is 9.97 Å². The number of hydrogen-bond acceptors (Lipinski definition) is 5. The Bertz CT molecular complexity index is 561. The van der Waals surface area contributed by atoms with E-state index in [0.29, 0.717) is 18.8 Å². The third-order valence-electron chi connectivity index (χ3n) is 3.30. The van der Waals surface area contributed by atoms with E-state index >= 15 is 0 Å². The Labute approximate surface area is 124 Å². The molecule has 2 aromatic heterocycles. The molecule has 0 aliphatic rings. The van der Waals surface area contributed by atoms with Crippen LogP contribution in [0.3, 0.4) is 0 Å². The number of nitrogens with one attached hydrogen (secondary N) is 1. The number of aliphatic hydroxyl groups is 1. The maximum Gasteiger partial charge on any atom is 0.138 e. The van der Waals surface area contributed by atoms with Gasteiger partial charge in [-0.05, 0) is 43.5 Å². The average molecular weight is 287 g/mol. The van der Waals surface area contributed by atoms with Crippen molar-refractivity contribution in [1.82, 2.24) is 15.3 Å². The minimum atomic E-state index is 0.0897. The first-order valence-corrected chi connectivity index (χ1v) is 7.06. The Morgan fingerprint density at radius 2 is 2.10 bits per heavy atom. The van der Waals surface area contributed by atoms with E-state index < -0.39 is 0 Å². The Hall–Kier alpha value is -1.98. The molecule has 0 saturated carbocycles. The van der Waals surface area contributed by atoms with E-state index in [1.54, 1.807) is 18.3 Å². The fourth-order valence-corrected chi connectivity index (χ4v) is 2.14. The van der Waals surface area contributed by atoms with Gasteiger partial charge in [0.2, 0.25) is 0 Å². The highest BCUT2D eigenvalue weighted by Gasteiger charge is 2.10. The monoisotopic (exact) mass is 287 g/mol. The van der Waals surface area contributed by atoms with Crippen molar-refractivity contribution in [1.29, 1.82) is 0 Å². The summed E-state index contributed by atoms with van der Waals surface area (Å²) in [5.74, 6) is 0.283. The molecule has 0 radical (unpaired) electrons. The van der Waals surface area contributed by atoms with Gasteiger partial charge in [0.1, 0.15) is 5.75 Å². The predicted molar refractivity (Wildman–Crippen MR) is 80.9 cm³/mol. The minimum Gasteiger partial charge on any atom is -0.506 e. The van der Waals surface area contributed by atoms with E-state index in [4.69, 9.17) is 0 Å². The summed E-state index contributed by atoms with van der Waals surface area (Å²) in [7, 11) is 0. The van der Waals surface area contributed by atoms with Crippen LogP contribution in [0, 0.1) is 12.8 Å². The van der Waals surface area contributed by atoms with Gasteiger partial charge in [-0.1, -0.05) is 6.07 Å². The third-order valence-corrected chi connectivity index (χ3v) is 3.30. The lowest BCUT2D eigenvalue weighted by molar-refractivity contribution is 0.220. The molecule has 5 nitrogen and oxygen atoms in total. The summed E-state index contributed by atoms with van der Waals surface area (Å²) >= 11 is 0. The van der Waals surface area contributed by atoms with Crippen LogP contribution < -0.4 is 5.32 Å². The molecule has 0 aromatic carbocycles. The molecule has 0 fully saturated rings. The van der Waals surface area contributed by atoms with Crippen molar-refractivity contribution in [2.24, 2.45) is 5.92 Å². The summed E-state index contributed by atoms with van der Waals surface area (Å²) in [6.07, 6.45) is 2.48. The topological polar surface area (TPSA) is 78.3 Å². The summed E-state index contributed by atoms with van der Waals surface area (Å²) in [6.45, 7) is 3.10. The second-order valence-corrected chi connectivity index (χ2v) is 5.12. The number of pyridine rings is 2. The maximum absolute atomic E-state index is 9.73. The molecule has 2 aromatic rings. The lowest BCUT2D eigenvalue weighted by Crippen LogP contribution is -2.27. The number of nitrogens with zero attached hydrogens (tertiary/aromatic N) is 2. The molecule has 0 spiro atoms. The van der Waals surface area contributed by atoms with Crippen LogP contribution in [-0.2, 0) is 13.0 Å². The lowest BCUT2D eigenvalue weighted by Gasteiger charge is -2.15. The number of hydrogen-bond donors (Lipinski definition) is 3. The number of aryl methyl sites for hydroxylation is 1. The minimum absolute atomic E-state index is 0.0897. The highest BCUT2D eigenvalue weighted by Crippen LogP contribution is 2.14. The molecule has 2 heterocycles. The van der Waals surface area contributed by atoms with Crippen molar-refractivity contribution in [2.75, 3.05) is 13.2 Å². The van der Waals surface area contributed by atoms with Gasteiger partial charge in [0.25, 0.3) is 0 Å². The standard InChI is InChI=1S/C16H21N3O2/c1-12-5-6-16(21)15(19-12)10-17-9-13(11-20)8-14-4-2-3-7-18-14/h2-7,13,17,20-21H,8-11H2,1H3. The molecular formula is C16H21N3O2. The van der Waals surface area contributed by atoms with E-state index in [1.807, 2.05) is 25.1 Å². The number of rotatable bonds is 7. The fraction of sp³-hybridized carbons (Fsp3) is 0.375. The Morgan fingerprint density at radius 3 is 2.81 bits per heavy atom. The molecule has 0 amide bonds. The van der Waals surface area contributed by atoms with Gasteiger partial charge >= 0.3 is 0 Å². The molecule has 2 rings (SSSR count). The zero-order valence-electron chi connectivity index (χ0n) is 12.2. The Balaban J connectivity index is 1.84. The number of aromatic hydroxyl groups is 1. The van der Waals surface area contributed by atoms with Crippen molar-refractivity contribution in [3.8, 4) is 5.75 Å². The molecule has 3 N–H and O–H groups in total. The molecule has 112 valence electrons. The maximum atomic E-state index is 9.73. The van der Waals surface area contributed by atoms with E-state index in [9.17, 15) is 10.2 Å². The molecular weight excluding hydrogens is 266 g/mol. The van der Waals surface area contributed by atoms with Gasteiger partial charge in [0.15, 0.2) is 0 Å². The van der Waals surface area contributed by atoms with Crippen LogP contribution >= 0.6 is 0 Å². The quantitative estimate of drug-likeness (QED) is 0.718. The predicted octanol–water partition coefficient (Wildman–Crippen LogP) is 1.43. The van der Waals surface area contributed by atoms with Crippen LogP contribution in [0.15, 0.2) is 36.5 Å². The van der Waals surface area contributed by atoms with Gasteiger partial charge in [-0.15, -0.1) is 0 Å². The summed E-state index contributed by atoms with van der Waals surface area (Å²) in [4.78, 5) is 8.56. The largest absolute Gasteiger partial charge is 0.506 e. The van der Waals surface area contributed by atoms with Crippen LogP contribution in [0.2, 0.25) is 0 Å². The summed E-state index contributed by atoms with van der Waals surface area (Å²) < 4.78 is 0. The van der Waals surface area contributed by atoms with Crippen LogP contribution in [0.4, 0.5) is 0 Å². The normalized spacial score (nSPS) is 12.3. The second kappa shape index (κ2) is 7.71. The van der Waals surface area contributed by atoms with Crippen LogP contribution in [0.25, 0.3) is 0 Å². The van der Waals surface area contributed by atoms with E-state index in [1.165, 1.54) is 0 Å². The summed E-state index contributed by atoms with van der Waals surface area (Å²) in [5.41, 5.74) is 2.47. The molecule has 1 atom stereocenters. The first kappa shape index (κ1) is 15.4. The van der Waals surface area contributed by atoms with E-state index in [0.717, 1.165) is 17.8 Å². The molecule has 0 bridgehead atoms. The van der Waals surface area contributed by atoms with Gasteiger partial charge < -0.3 is 15.5 Å². The van der Waals surface area contributed by atoms with Gasteiger partial charge in [-0.2, -0.15) is 0 Å². The number of aromatic nitrogens is 2. The first-order chi connectivity index (χ1) is 10.2. The Morgan fingerprint density at radius 1 is 1.24 bits per heavy atom. The molecule has 0 aliphatic carbocycles. The van der Waals surface area contributed by atoms with Gasteiger partial charge in [0, 0.05) is 37.3 Å². The fourth-order valence-electron chi connectivity index (χ4n) is 2.14. The van der Waals surface area contributed by atoms with Gasteiger partial charge in [0.05, 0.1) is 5.69 Å². The summed E-state index contributed by atoms with van der Waals surface area (Å²) in [5, 5.41) is 22.4.